The predicted molar refractivity (Wildman–Crippen MR) is 44.7 cm³/mol. The quantitative estimate of drug-likeness (QED) is 0.439. The maximum absolute atomic E-state index is 10.8. The van der Waals surface area contributed by atoms with E-state index < -0.39 is 0 Å². The van der Waals surface area contributed by atoms with Crippen molar-refractivity contribution in [2.45, 2.75) is 19.8 Å². The normalized spacial score (nSPS) is 8.18. The van der Waals surface area contributed by atoms with Crippen molar-refractivity contribution in [3.63, 3.8) is 0 Å². The molecule has 3 nitrogen and oxygen atoms in total. The Morgan fingerprint density at radius 1 is 1.64 bits per heavy atom. The molecular formula is C8H14N2O. The summed E-state index contributed by atoms with van der Waals surface area (Å²) in [5.74, 6) is 4.92. The Hall–Kier alpha value is -1.01. The highest BCUT2D eigenvalue weighted by atomic mass is 16.1. The smallest absolute Gasteiger partial charge is 0.295 e. The van der Waals surface area contributed by atoms with Crippen LogP contribution in [-0.4, -0.2) is 19.0 Å². The summed E-state index contributed by atoms with van der Waals surface area (Å²) in [5, 5.41) is 2.63. The van der Waals surface area contributed by atoms with E-state index in [4.69, 9.17) is 5.73 Å². The van der Waals surface area contributed by atoms with Crippen LogP contribution in [0.1, 0.15) is 19.8 Å². The molecule has 0 bridgehead atoms. The van der Waals surface area contributed by atoms with Crippen molar-refractivity contribution in [2.75, 3.05) is 13.1 Å². The van der Waals surface area contributed by atoms with Gasteiger partial charge in [0.05, 0.1) is 0 Å². The third kappa shape index (κ3) is 6.88. The molecule has 0 fully saturated rings. The van der Waals surface area contributed by atoms with E-state index in [0.717, 1.165) is 6.42 Å². The fourth-order valence-corrected chi connectivity index (χ4v) is 0.517. The van der Waals surface area contributed by atoms with Gasteiger partial charge in [-0.05, 0) is 18.9 Å². The molecule has 0 unspecified atom stereocenters. The molecule has 0 aromatic rings. The molecule has 62 valence electrons. The first-order valence-electron chi connectivity index (χ1n) is 3.78. The summed E-state index contributed by atoms with van der Waals surface area (Å²) in [6.07, 6.45) is 1.52. The SMILES string of the molecule is CCC#CC(=O)NCCCN. The largest absolute Gasteiger partial charge is 0.345 e. The highest BCUT2D eigenvalue weighted by molar-refractivity contribution is 5.93. The number of carbonyl (C=O) groups is 1. The molecule has 0 radical (unpaired) electrons. The van der Waals surface area contributed by atoms with Crippen molar-refractivity contribution in [2.24, 2.45) is 5.73 Å². The van der Waals surface area contributed by atoms with Gasteiger partial charge < -0.3 is 11.1 Å². The number of hydrogen-bond donors (Lipinski definition) is 2. The van der Waals surface area contributed by atoms with Gasteiger partial charge in [-0.1, -0.05) is 12.8 Å². The van der Waals surface area contributed by atoms with Gasteiger partial charge in [-0.25, -0.2) is 0 Å². The summed E-state index contributed by atoms with van der Waals surface area (Å²) in [5.41, 5.74) is 5.23. The fourth-order valence-electron chi connectivity index (χ4n) is 0.517. The monoisotopic (exact) mass is 154 g/mol. The minimum Gasteiger partial charge on any atom is -0.345 e. The lowest BCUT2D eigenvalue weighted by molar-refractivity contribution is -0.115. The van der Waals surface area contributed by atoms with Gasteiger partial charge in [0.1, 0.15) is 0 Å². The van der Waals surface area contributed by atoms with Crippen LogP contribution in [0.15, 0.2) is 0 Å². The second-order valence-corrected chi connectivity index (χ2v) is 2.05. The lowest BCUT2D eigenvalue weighted by atomic mass is 10.4. The van der Waals surface area contributed by atoms with E-state index >= 15 is 0 Å². The molecule has 0 aliphatic heterocycles. The molecule has 0 spiro atoms. The van der Waals surface area contributed by atoms with Gasteiger partial charge in [-0.3, -0.25) is 4.79 Å². The highest BCUT2D eigenvalue weighted by Crippen LogP contribution is 1.71. The third-order valence-electron chi connectivity index (χ3n) is 1.05. The van der Waals surface area contributed by atoms with Crippen LogP contribution in [0, 0.1) is 11.8 Å². The van der Waals surface area contributed by atoms with Crippen LogP contribution < -0.4 is 11.1 Å². The van der Waals surface area contributed by atoms with E-state index in [1.54, 1.807) is 0 Å². The number of rotatable bonds is 3. The van der Waals surface area contributed by atoms with Crippen molar-refractivity contribution in [3.05, 3.63) is 0 Å². The molecule has 0 aliphatic carbocycles. The Morgan fingerprint density at radius 3 is 2.91 bits per heavy atom. The average molecular weight is 154 g/mol. The van der Waals surface area contributed by atoms with Gasteiger partial charge in [0.25, 0.3) is 5.91 Å². The molecule has 11 heavy (non-hydrogen) atoms. The molecule has 0 aromatic heterocycles. The Kier molecular flexibility index (Phi) is 6.45. The van der Waals surface area contributed by atoms with Crippen LogP contribution in [0.2, 0.25) is 0 Å². The van der Waals surface area contributed by atoms with E-state index in [2.05, 4.69) is 17.2 Å². The zero-order valence-corrected chi connectivity index (χ0v) is 6.81. The van der Waals surface area contributed by atoms with Gasteiger partial charge in [-0.2, -0.15) is 0 Å². The lowest BCUT2D eigenvalue weighted by Crippen LogP contribution is -2.24. The van der Waals surface area contributed by atoms with E-state index in [-0.39, 0.29) is 5.91 Å². The first-order valence-corrected chi connectivity index (χ1v) is 3.78. The molecule has 0 rings (SSSR count). The third-order valence-corrected chi connectivity index (χ3v) is 1.05. The summed E-state index contributed by atoms with van der Waals surface area (Å²) in [7, 11) is 0. The standard InChI is InChI=1S/C8H14N2O/c1-2-3-5-8(11)10-7-4-6-9/h2,4,6-7,9H2,1H3,(H,10,11). The van der Waals surface area contributed by atoms with Gasteiger partial charge in [0.15, 0.2) is 0 Å². The Bertz CT molecular complexity index is 167. The first-order chi connectivity index (χ1) is 5.31. The van der Waals surface area contributed by atoms with Crippen LogP contribution in [0.3, 0.4) is 0 Å². The fraction of sp³-hybridized carbons (Fsp3) is 0.625. The highest BCUT2D eigenvalue weighted by Gasteiger charge is 1.90. The van der Waals surface area contributed by atoms with Gasteiger partial charge in [0, 0.05) is 13.0 Å². The second-order valence-electron chi connectivity index (χ2n) is 2.05. The number of nitrogens with one attached hydrogen (secondary N) is 1. The maximum Gasteiger partial charge on any atom is 0.295 e. The summed E-state index contributed by atoms with van der Waals surface area (Å²) in [6, 6.07) is 0. The lowest BCUT2D eigenvalue weighted by Gasteiger charge is -1.96. The van der Waals surface area contributed by atoms with Crippen molar-refractivity contribution in [1.82, 2.24) is 5.32 Å². The van der Waals surface area contributed by atoms with E-state index in [9.17, 15) is 4.79 Å². The number of hydrogen-bond acceptors (Lipinski definition) is 2. The molecule has 0 atom stereocenters. The van der Waals surface area contributed by atoms with Crippen LogP contribution in [0.4, 0.5) is 0 Å². The van der Waals surface area contributed by atoms with Gasteiger partial charge in [0.2, 0.25) is 0 Å². The summed E-state index contributed by atoms with van der Waals surface area (Å²) in [6.45, 7) is 3.12. The molecule has 1 amide bonds. The second kappa shape index (κ2) is 7.10. The maximum atomic E-state index is 10.8. The molecule has 0 aromatic carbocycles. The van der Waals surface area contributed by atoms with E-state index in [1.807, 2.05) is 6.92 Å². The van der Waals surface area contributed by atoms with Crippen molar-refractivity contribution < 1.29 is 4.79 Å². The van der Waals surface area contributed by atoms with Crippen LogP contribution in [0.25, 0.3) is 0 Å². The average Bonchev–Trinajstić information content (AvgIpc) is 2.01. The number of amides is 1. The molecule has 0 saturated carbocycles. The van der Waals surface area contributed by atoms with Crippen LogP contribution in [-0.2, 0) is 4.79 Å². The molecule has 0 saturated heterocycles. The van der Waals surface area contributed by atoms with E-state index in [0.29, 0.717) is 19.5 Å². The molecule has 3 heteroatoms. The first kappa shape index (κ1) is 9.99. The molecule has 0 heterocycles. The number of nitrogens with two attached hydrogens (primary N) is 1. The number of carbonyl (C=O) groups excluding carboxylic acids is 1. The summed E-state index contributed by atoms with van der Waals surface area (Å²) >= 11 is 0. The summed E-state index contributed by atoms with van der Waals surface area (Å²) in [4.78, 5) is 10.8. The van der Waals surface area contributed by atoms with Crippen molar-refractivity contribution >= 4 is 5.91 Å². The Balaban J connectivity index is 3.37. The van der Waals surface area contributed by atoms with Crippen LogP contribution >= 0.6 is 0 Å². The zero-order valence-electron chi connectivity index (χ0n) is 6.81. The van der Waals surface area contributed by atoms with Crippen molar-refractivity contribution in [1.29, 1.82) is 0 Å². The topological polar surface area (TPSA) is 55.1 Å². The molecule has 3 N–H and O–H groups in total. The summed E-state index contributed by atoms with van der Waals surface area (Å²) < 4.78 is 0. The minimum atomic E-state index is -0.208. The molecular weight excluding hydrogens is 140 g/mol. The Morgan fingerprint density at radius 2 is 2.36 bits per heavy atom. The predicted octanol–water partition coefficient (Wildman–Crippen LogP) is -0.135. The van der Waals surface area contributed by atoms with Crippen molar-refractivity contribution in [3.8, 4) is 11.8 Å². The minimum absolute atomic E-state index is 0.208. The molecule has 0 aliphatic rings. The van der Waals surface area contributed by atoms with Crippen LogP contribution in [0.5, 0.6) is 0 Å². The zero-order chi connectivity index (χ0) is 8.53. The Labute approximate surface area is 67.3 Å². The van der Waals surface area contributed by atoms with Gasteiger partial charge in [-0.15, -0.1) is 0 Å². The van der Waals surface area contributed by atoms with Gasteiger partial charge >= 0.3 is 0 Å². The van der Waals surface area contributed by atoms with E-state index in [1.165, 1.54) is 0 Å².